The Kier molecular flexibility index (Phi) is 5.33. The highest BCUT2D eigenvalue weighted by Crippen LogP contribution is 2.31. The van der Waals surface area contributed by atoms with E-state index in [2.05, 4.69) is 21.2 Å². The number of nitrogens with one attached hydrogen (secondary N) is 1. The van der Waals surface area contributed by atoms with Crippen LogP contribution in [0.4, 0.5) is 4.39 Å². The molecule has 1 aliphatic heterocycles. The van der Waals surface area contributed by atoms with E-state index in [0.717, 1.165) is 4.47 Å². The molecule has 1 amide bonds. The first-order valence-corrected chi connectivity index (χ1v) is 8.95. The van der Waals surface area contributed by atoms with Crippen molar-refractivity contribution >= 4 is 56.2 Å². The highest BCUT2D eigenvalue weighted by Gasteiger charge is 2.22. The Bertz CT molecular complexity index is 854. The number of hydrogen-bond acceptors (Lipinski definition) is 4. The molecule has 1 heterocycles. The average molecular weight is 424 g/mol. The van der Waals surface area contributed by atoms with Gasteiger partial charge in [-0.3, -0.25) is 4.79 Å². The molecule has 1 aliphatic rings. The Morgan fingerprint density at radius 3 is 2.79 bits per heavy atom. The highest BCUT2D eigenvalue weighted by molar-refractivity contribution is 9.10. The van der Waals surface area contributed by atoms with Gasteiger partial charge in [-0.05, 0) is 30.3 Å². The van der Waals surface area contributed by atoms with E-state index in [1.54, 1.807) is 30.3 Å². The molecule has 0 saturated carbocycles. The van der Waals surface area contributed by atoms with Crippen molar-refractivity contribution in [2.45, 2.75) is 6.61 Å². The molecule has 3 nitrogen and oxygen atoms in total. The van der Waals surface area contributed by atoms with Crippen LogP contribution in [0.25, 0.3) is 6.08 Å². The number of thiocarbonyl (C=S) groups is 1. The minimum Gasteiger partial charge on any atom is -0.488 e. The standard InChI is InChI=1S/C17H11BrFNO2S2/c18-12-5-6-14(22-9-10-3-1-2-4-13(10)19)11(7-12)8-15-16(21)20-17(23)24-15/h1-8H,9H2,(H,20,21,23). The van der Waals surface area contributed by atoms with Gasteiger partial charge in [-0.15, -0.1) is 0 Å². The smallest absolute Gasteiger partial charge is 0.263 e. The predicted octanol–water partition coefficient (Wildman–Crippen LogP) is 4.66. The molecule has 7 heteroatoms. The molecule has 1 saturated heterocycles. The van der Waals surface area contributed by atoms with Crippen LogP contribution in [0.3, 0.4) is 0 Å². The fraction of sp³-hybridized carbons (Fsp3) is 0.0588. The summed E-state index contributed by atoms with van der Waals surface area (Å²) in [6, 6.07) is 11.9. The number of rotatable bonds is 4. The van der Waals surface area contributed by atoms with Crippen molar-refractivity contribution in [3.63, 3.8) is 0 Å². The minimum atomic E-state index is -0.314. The van der Waals surface area contributed by atoms with Crippen molar-refractivity contribution in [3.8, 4) is 5.75 Å². The van der Waals surface area contributed by atoms with Crippen molar-refractivity contribution in [2.24, 2.45) is 0 Å². The molecule has 24 heavy (non-hydrogen) atoms. The monoisotopic (exact) mass is 423 g/mol. The highest BCUT2D eigenvalue weighted by atomic mass is 79.9. The third kappa shape index (κ3) is 4.03. The largest absolute Gasteiger partial charge is 0.488 e. The summed E-state index contributed by atoms with van der Waals surface area (Å²) < 4.78 is 20.7. The summed E-state index contributed by atoms with van der Waals surface area (Å²) in [5.41, 5.74) is 1.18. The van der Waals surface area contributed by atoms with Crippen LogP contribution in [-0.2, 0) is 11.4 Å². The number of amides is 1. The van der Waals surface area contributed by atoms with Crippen LogP contribution in [0.15, 0.2) is 51.8 Å². The number of carbonyl (C=O) groups is 1. The molecule has 2 aromatic rings. The SMILES string of the molecule is O=C1NC(=S)SC1=Cc1cc(Br)ccc1OCc1ccccc1F. The lowest BCUT2D eigenvalue weighted by Crippen LogP contribution is -2.17. The van der Waals surface area contributed by atoms with Crippen molar-refractivity contribution < 1.29 is 13.9 Å². The topological polar surface area (TPSA) is 38.3 Å². The Balaban J connectivity index is 1.86. The van der Waals surface area contributed by atoms with Crippen LogP contribution in [0.1, 0.15) is 11.1 Å². The maximum Gasteiger partial charge on any atom is 0.263 e. The summed E-state index contributed by atoms with van der Waals surface area (Å²) >= 11 is 9.59. The molecule has 0 aliphatic carbocycles. The van der Waals surface area contributed by atoms with E-state index in [4.69, 9.17) is 17.0 Å². The summed E-state index contributed by atoms with van der Waals surface area (Å²) in [6.45, 7) is 0.0994. The van der Waals surface area contributed by atoms with E-state index in [0.29, 0.717) is 26.1 Å². The molecular formula is C17H11BrFNO2S2. The predicted molar refractivity (Wildman–Crippen MR) is 101 cm³/mol. The second kappa shape index (κ2) is 7.46. The Labute approximate surface area is 156 Å². The van der Waals surface area contributed by atoms with Crippen LogP contribution < -0.4 is 10.1 Å². The number of benzene rings is 2. The maximum absolute atomic E-state index is 13.7. The van der Waals surface area contributed by atoms with Gasteiger partial charge >= 0.3 is 0 Å². The van der Waals surface area contributed by atoms with Gasteiger partial charge in [0.15, 0.2) is 0 Å². The first-order valence-electron chi connectivity index (χ1n) is 6.93. The fourth-order valence-corrected chi connectivity index (χ4v) is 3.51. The van der Waals surface area contributed by atoms with E-state index in [-0.39, 0.29) is 18.3 Å². The van der Waals surface area contributed by atoms with Crippen LogP contribution >= 0.6 is 39.9 Å². The lowest BCUT2D eigenvalue weighted by Gasteiger charge is -2.11. The molecule has 0 aromatic heterocycles. The van der Waals surface area contributed by atoms with Gasteiger partial charge in [-0.1, -0.05) is 58.1 Å². The summed E-state index contributed by atoms with van der Waals surface area (Å²) in [6.07, 6.45) is 1.71. The number of hydrogen-bond donors (Lipinski definition) is 1. The number of carbonyl (C=O) groups excluding carboxylic acids is 1. The zero-order valence-corrected chi connectivity index (χ0v) is 15.4. The van der Waals surface area contributed by atoms with Gasteiger partial charge < -0.3 is 10.1 Å². The van der Waals surface area contributed by atoms with Crippen molar-refractivity contribution in [3.05, 3.63) is 68.8 Å². The van der Waals surface area contributed by atoms with Crippen LogP contribution in [0, 0.1) is 5.82 Å². The van der Waals surface area contributed by atoms with E-state index in [1.807, 2.05) is 12.1 Å². The van der Waals surface area contributed by atoms with Gasteiger partial charge in [0.1, 0.15) is 22.5 Å². The van der Waals surface area contributed by atoms with E-state index < -0.39 is 0 Å². The molecule has 2 aromatic carbocycles. The molecule has 0 spiro atoms. The van der Waals surface area contributed by atoms with Crippen molar-refractivity contribution in [1.82, 2.24) is 5.32 Å². The number of halogens is 2. The summed E-state index contributed by atoms with van der Waals surface area (Å²) in [5.74, 6) is 0.00999. The molecule has 0 bridgehead atoms. The molecule has 1 fully saturated rings. The lowest BCUT2D eigenvalue weighted by molar-refractivity contribution is -0.115. The third-order valence-electron chi connectivity index (χ3n) is 3.24. The average Bonchev–Trinajstić information content (AvgIpc) is 2.85. The summed E-state index contributed by atoms with van der Waals surface area (Å²) in [4.78, 5) is 12.3. The van der Waals surface area contributed by atoms with Crippen molar-refractivity contribution in [1.29, 1.82) is 0 Å². The maximum atomic E-state index is 13.7. The van der Waals surface area contributed by atoms with E-state index >= 15 is 0 Å². The molecule has 1 N–H and O–H groups in total. The van der Waals surface area contributed by atoms with Gasteiger partial charge in [-0.25, -0.2) is 4.39 Å². The number of thioether (sulfide) groups is 1. The molecule has 0 unspecified atom stereocenters. The van der Waals surface area contributed by atoms with E-state index in [1.165, 1.54) is 17.8 Å². The lowest BCUT2D eigenvalue weighted by atomic mass is 10.1. The summed E-state index contributed by atoms with van der Waals surface area (Å²) in [7, 11) is 0. The zero-order chi connectivity index (χ0) is 17.1. The zero-order valence-electron chi connectivity index (χ0n) is 12.2. The summed E-state index contributed by atoms with van der Waals surface area (Å²) in [5, 5.41) is 2.57. The van der Waals surface area contributed by atoms with Gasteiger partial charge in [0.2, 0.25) is 0 Å². The Morgan fingerprint density at radius 1 is 1.29 bits per heavy atom. The van der Waals surface area contributed by atoms with Gasteiger partial charge in [0, 0.05) is 15.6 Å². The first-order chi connectivity index (χ1) is 11.5. The fourth-order valence-electron chi connectivity index (χ4n) is 2.10. The first kappa shape index (κ1) is 17.1. The second-order valence-electron chi connectivity index (χ2n) is 4.91. The van der Waals surface area contributed by atoms with Crippen LogP contribution in [0.2, 0.25) is 0 Å². The van der Waals surface area contributed by atoms with E-state index in [9.17, 15) is 9.18 Å². The second-order valence-corrected chi connectivity index (χ2v) is 7.55. The molecule has 0 radical (unpaired) electrons. The molecule has 0 atom stereocenters. The van der Waals surface area contributed by atoms with Gasteiger partial charge in [-0.2, -0.15) is 0 Å². The normalized spacial score (nSPS) is 15.7. The molecule has 3 rings (SSSR count). The Morgan fingerprint density at radius 2 is 2.08 bits per heavy atom. The molecular weight excluding hydrogens is 413 g/mol. The van der Waals surface area contributed by atoms with Crippen LogP contribution in [0.5, 0.6) is 5.75 Å². The van der Waals surface area contributed by atoms with Gasteiger partial charge in [0.25, 0.3) is 5.91 Å². The van der Waals surface area contributed by atoms with Crippen molar-refractivity contribution in [2.75, 3.05) is 0 Å². The quantitative estimate of drug-likeness (QED) is 0.573. The third-order valence-corrected chi connectivity index (χ3v) is 4.90. The number of ether oxygens (including phenoxy) is 1. The molecule has 122 valence electrons. The minimum absolute atomic E-state index is 0.0994. The van der Waals surface area contributed by atoms with Crippen LogP contribution in [-0.4, -0.2) is 10.2 Å². The Hall–Kier alpha value is -1.70. The van der Waals surface area contributed by atoms with Gasteiger partial charge in [0.05, 0.1) is 4.91 Å².